The van der Waals surface area contributed by atoms with Crippen molar-refractivity contribution in [3.8, 4) is 0 Å². The Kier molecular flexibility index (Phi) is 6.99. The highest BCUT2D eigenvalue weighted by Crippen LogP contribution is 2.27. The lowest BCUT2D eigenvalue weighted by Gasteiger charge is -2.27. The van der Waals surface area contributed by atoms with E-state index < -0.39 is 6.10 Å². The van der Waals surface area contributed by atoms with Gasteiger partial charge >= 0.3 is 0 Å². The van der Waals surface area contributed by atoms with Crippen LogP contribution in [-0.2, 0) is 13.0 Å². The molecule has 0 fully saturated rings. The van der Waals surface area contributed by atoms with Crippen molar-refractivity contribution in [3.05, 3.63) is 50.7 Å². The topological polar surface area (TPSA) is 59.9 Å². The Balaban J connectivity index is 1.61. The Labute approximate surface area is 170 Å². The molecule has 0 amide bonds. The molecule has 1 aliphatic rings. The summed E-state index contributed by atoms with van der Waals surface area (Å²) in [6.45, 7) is 4.91. The van der Waals surface area contributed by atoms with Crippen molar-refractivity contribution in [2.45, 2.75) is 32.4 Å². The zero-order chi connectivity index (χ0) is 19.2. The van der Waals surface area contributed by atoms with Crippen LogP contribution in [0.15, 0.2) is 35.3 Å². The Hall–Kier alpha value is -1.76. The highest BCUT2D eigenvalue weighted by Gasteiger charge is 2.14. The second kappa shape index (κ2) is 9.44. The maximum atomic E-state index is 10.3. The largest absolute Gasteiger partial charge is 0.386 e. The quantitative estimate of drug-likeness (QED) is 0.507. The monoisotopic (exact) mass is 406 g/mol. The molecule has 0 saturated heterocycles. The van der Waals surface area contributed by atoms with Gasteiger partial charge in [-0.1, -0.05) is 23.7 Å². The van der Waals surface area contributed by atoms with Gasteiger partial charge in [0.25, 0.3) is 0 Å². The first-order chi connectivity index (χ1) is 13.1. The van der Waals surface area contributed by atoms with Crippen molar-refractivity contribution in [3.63, 3.8) is 0 Å². The van der Waals surface area contributed by atoms with E-state index in [-0.39, 0.29) is 0 Å². The Morgan fingerprint density at radius 3 is 2.93 bits per heavy atom. The molecule has 0 bridgehead atoms. The molecule has 1 aromatic heterocycles. The van der Waals surface area contributed by atoms with Crippen molar-refractivity contribution >= 4 is 34.6 Å². The standard InChI is InChI=1S/C20H27ClN4OS/c1-3-22-20(24-13-17(26)18-8-9-19(21)27-18)23-12-14-6-7-16-15(11-14)5-4-10-25(16)2/h6-9,11,17,26H,3-5,10,12-13H2,1-2H3,(H2,22,23,24). The Morgan fingerprint density at radius 2 is 2.19 bits per heavy atom. The van der Waals surface area contributed by atoms with Gasteiger partial charge in [-0.05, 0) is 49.1 Å². The summed E-state index contributed by atoms with van der Waals surface area (Å²) < 4.78 is 0.683. The third-order valence-electron chi connectivity index (χ3n) is 4.64. The molecule has 1 atom stereocenters. The zero-order valence-electron chi connectivity index (χ0n) is 15.8. The first kappa shape index (κ1) is 20.0. The molecule has 1 aromatic carbocycles. The number of aliphatic imine (C=N–C) groups is 1. The van der Waals surface area contributed by atoms with Crippen molar-refractivity contribution < 1.29 is 5.11 Å². The van der Waals surface area contributed by atoms with Gasteiger partial charge in [0.05, 0.1) is 10.9 Å². The van der Waals surface area contributed by atoms with Crippen molar-refractivity contribution in [2.75, 3.05) is 31.6 Å². The number of thiophene rings is 1. The molecule has 146 valence electrons. The van der Waals surface area contributed by atoms with Gasteiger partial charge in [-0.3, -0.25) is 0 Å². The fourth-order valence-electron chi connectivity index (χ4n) is 3.25. The van der Waals surface area contributed by atoms with Crippen molar-refractivity contribution in [1.82, 2.24) is 10.6 Å². The molecule has 7 heteroatoms. The molecule has 5 nitrogen and oxygen atoms in total. The number of guanidine groups is 1. The highest BCUT2D eigenvalue weighted by molar-refractivity contribution is 7.16. The third-order valence-corrected chi connectivity index (χ3v) is 5.98. The first-order valence-corrected chi connectivity index (χ1v) is 10.5. The van der Waals surface area contributed by atoms with Crippen LogP contribution in [0.25, 0.3) is 0 Å². The number of nitrogens with one attached hydrogen (secondary N) is 2. The number of halogens is 1. The average Bonchev–Trinajstić information content (AvgIpc) is 3.10. The average molecular weight is 407 g/mol. The number of hydrogen-bond acceptors (Lipinski definition) is 4. The SMILES string of the molecule is CCNC(=NCc1ccc2c(c1)CCCN2C)NCC(O)c1ccc(Cl)s1. The van der Waals surface area contributed by atoms with Crippen LogP contribution in [0.3, 0.4) is 0 Å². The minimum Gasteiger partial charge on any atom is -0.386 e. The van der Waals surface area contributed by atoms with Crippen molar-refractivity contribution in [1.29, 1.82) is 0 Å². The molecule has 2 aromatic rings. The summed E-state index contributed by atoms with van der Waals surface area (Å²) in [6, 6.07) is 10.3. The van der Waals surface area contributed by atoms with E-state index >= 15 is 0 Å². The van der Waals surface area contributed by atoms with Gasteiger partial charge in [0.1, 0.15) is 6.10 Å². The Morgan fingerprint density at radius 1 is 1.33 bits per heavy atom. The second-order valence-electron chi connectivity index (χ2n) is 6.72. The van der Waals surface area contributed by atoms with Crippen LogP contribution in [0.1, 0.15) is 35.5 Å². The zero-order valence-corrected chi connectivity index (χ0v) is 17.4. The molecule has 3 rings (SSSR count). The van der Waals surface area contributed by atoms with Gasteiger partial charge in [0.2, 0.25) is 0 Å². The molecular weight excluding hydrogens is 380 g/mol. The highest BCUT2D eigenvalue weighted by atomic mass is 35.5. The van der Waals surface area contributed by atoms with E-state index in [1.165, 1.54) is 34.6 Å². The van der Waals surface area contributed by atoms with Crippen LogP contribution in [0.4, 0.5) is 5.69 Å². The number of hydrogen-bond donors (Lipinski definition) is 3. The summed E-state index contributed by atoms with van der Waals surface area (Å²) in [6.07, 6.45) is 1.72. The molecule has 0 saturated carbocycles. The summed E-state index contributed by atoms with van der Waals surface area (Å²) in [4.78, 5) is 7.83. The number of benzene rings is 1. The summed E-state index contributed by atoms with van der Waals surface area (Å²) in [5.74, 6) is 0.703. The van der Waals surface area contributed by atoms with Crippen LogP contribution in [-0.4, -0.2) is 37.7 Å². The number of rotatable bonds is 6. The molecular formula is C20H27ClN4OS. The molecule has 1 aliphatic heterocycles. The number of aliphatic hydroxyl groups excluding tert-OH is 1. The van der Waals surface area contributed by atoms with Gasteiger partial charge in [-0.2, -0.15) is 0 Å². The van der Waals surface area contributed by atoms with Gasteiger partial charge in [0, 0.05) is 37.2 Å². The van der Waals surface area contributed by atoms with Crippen LogP contribution >= 0.6 is 22.9 Å². The maximum absolute atomic E-state index is 10.3. The molecule has 2 heterocycles. The van der Waals surface area contributed by atoms with Crippen LogP contribution in [0.2, 0.25) is 4.34 Å². The molecule has 1 unspecified atom stereocenters. The smallest absolute Gasteiger partial charge is 0.191 e. The summed E-state index contributed by atoms with van der Waals surface area (Å²) in [5, 5.41) is 16.7. The van der Waals surface area contributed by atoms with Crippen molar-refractivity contribution in [2.24, 2.45) is 4.99 Å². The van der Waals surface area contributed by atoms with E-state index in [9.17, 15) is 5.11 Å². The van der Waals surface area contributed by atoms with E-state index in [2.05, 4.69) is 45.8 Å². The number of anilines is 1. The minimum atomic E-state index is -0.606. The lowest BCUT2D eigenvalue weighted by Crippen LogP contribution is -2.39. The summed E-state index contributed by atoms with van der Waals surface area (Å²) in [5.41, 5.74) is 3.93. The fraction of sp³-hybridized carbons (Fsp3) is 0.450. The van der Waals surface area contributed by atoms with E-state index in [4.69, 9.17) is 11.6 Å². The van der Waals surface area contributed by atoms with E-state index in [0.717, 1.165) is 24.4 Å². The predicted molar refractivity (Wildman–Crippen MR) is 115 cm³/mol. The van der Waals surface area contributed by atoms with Gasteiger partial charge < -0.3 is 20.6 Å². The summed E-state index contributed by atoms with van der Waals surface area (Å²) >= 11 is 7.34. The van der Waals surface area contributed by atoms with Gasteiger partial charge in [-0.25, -0.2) is 4.99 Å². The second-order valence-corrected chi connectivity index (χ2v) is 8.47. The number of aryl methyl sites for hydroxylation is 1. The van der Waals surface area contributed by atoms with E-state index in [0.29, 0.717) is 23.4 Å². The van der Waals surface area contributed by atoms with Crippen LogP contribution in [0.5, 0.6) is 0 Å². The molecule has 27 heavy (non-hydrogen) atoms. The predicted octanol–water partition coefficient (Wildman–Crippen LogP) is 3.57. The maximum Gasteiger partial charge on any atom is 0.191 e. The summed E-state index contributed by atoms with van der Waals surface area (Å²) in [7, 11) is 2.15. The Bertz CT molecular complexity index is 792. The van der Waals surface area contributed by atoms with Gasteiger partial charge in [-0.15, -0.1) is 11.3 Å². The molecule has 0 spiro atoms. The number of fused-ring (bicyclic) bond motifs is 1. The molecule has 0 radical (unpaired) electrons. The number of nitrogens with zero attached hydrogens (tertiary/aromatic N) is 2. The fourth-order valence-corrected chi connectivity index (χ4v) is 4.30. The molecule has 3 N–H and O–H groups in total. The normalized spacial score (nSPS) is 15.4. The van der Waals surface area contributed by atoms with E-state index in [1.54, 1.807) is 6.07 Å². The van der Waals surface area contributed by atoms with E-state index in [1.807, 2.05) is 13.0 Å². The minimum absolute atomic E-state index is 0.387. The third kappa shape index (κ3) is 5.37. The lowest BCUT2D eigenvalue weighted by molar-refractivity contribution is 0.184. The van der Waals surface area contributed by atoms with Crippen LogP contribution in [0, 0.1) is 0 Å². The number of aliphatic hydroxyl groups is 1. The molecule has 0 aliphatic carbocycles. The first-order valence-electron chi connectivity index (χ1n) is 9.35. The van der Waals surface area contributed by atoms with Gasteiger partial charge in [0.15, 0.2) is 5.96 Å². The lowest BCUT2D eigenvalue weighted by atomic mass is 10.00. The van der Waals surface area contributed by atoms with Crippen LogP contribution < -0.4 is 15.5 Å².